The number of aromatic nitrogens is 2. The summed E-state index contributed by atoms with van der Waals surface area (Å²) in [6, 6.07) is 17.7. The molecule has 4 N–H and O–H groups in total. The third-order valence-corrected chi connectivity index (χ3v) is 7.87. The van der Waals surface area contributed by atoms with Gasteiger partial charge in [0.15, 0.2) is 0 Å². The molecule has 2 aromatic heterocycles. The van der Waals surface area contributed by atoms with E-state index in [1.165, 1.54) is 0 Å². The van der Waals surface area contributed by atoms with Crippen LogP contribution in [-0.2, 0) is 25.7 Å². The van der Waals surface area contributed by atoms with Crippen LogP contribution in [0.3, 0.4) is 0 Å². The van der Waals surface area contributed by atoms with E-state index >= 15 is 0 Å². The van der Waals surface area contributed by atoms with Crippen LogP contribution in [0.4, 0.5) is 0 Å². The lowest BCUT2D eigenvalue weighted by molar-refractivity contribution is -0.124. The molecule has 1 saturated carbocycles. The molecule has 2 heterocycles. The number of nitrogens with zero attached hydrogens (tertiary/aromatic N) is 1. The van der Waals surface area contributed by atoms with Gasteiger partial charge in [-0.1, -0.05) is 35.9 Å². The van der Waals surface area contributed by atoms with Gasteiger partial charge in [-0.25, -0.2) is 4.57 Å². The number of fused-ring (bicyclic) bond motifs is 1. The molecule has 38 heavy (non-hydrogen) atoms. The van der Waals surface area contributed by atoms with E-state index in [-0.39, 0.29) is 18.6 Å². The lowest BCUT2D eigenvalue weighted by Gasteiger charge is -2.25. The molecule has 0 saturated heterocycles. The van der Waals surface area contributed by atoms with Gasteiger partial charge in [-0.05, 0) is 86.6 Å². The van der Waals surface area contributed by atoms with Crippen molar-refractivity contribution in [2.45, 2.75) is 51.5 Å². The fraction of sp³-hybridized carbons (Fsp3) is 0.310. The SMILES string of the molecule is Cc1ccc(C(NC(=O)C2(c3ccc4[nH]cc(CCOP(=O)(O)O)c4c3)CC2)c2cccc(C)n2)c(C)c1. The summed E-state index contributed by atoms with van der Waals surface area (Å²) >= 11 is 0. The summed E-state index contributed by atoms with van der Waals surface area (Å²) in [7, 11) is -4.53. The number of pyridine rings is 1. The van der Waals surface area contributed by atoms with Crippen LogP contribution in [0.5, 0.6) is 0 Å². The number of carbonyl (C=O) groups is 1. The summed E-state index contributed by atoms with van der Waals surface area (Å²) < 4.78 is 15.7. The Hall–Kier alpha value is -3.29. The number of carbonyl (C=O) groups excluding carboxylic acids is 1. The predicted octanol–water partition coefficient (Wildman–Crippen LogP) is 5.08. The van der Waals surface area contributed by atoms with Crippen LogP contribution in [-0.4, -0.2) is 32.3 Å². The van der Waals surface area contributed by atoms with E-state index in [4.69, 9.17) is 14.8 Å². The van der Waals surface area contributed by atoms with Gasteiger partial charge in [-0.15, -0.1) is 0 Å². The largest absolute Gasteiger partial charge is 0.469 e. The van der Waals surface area contributed by atoms with Crippen molar-refractivity contribution in [2.24, 2.45) is 0 Å². The van der Waals surface area contributed by atoms with Gasteiger partial charge < -0.3 is 20.1 Å². The van der Waals surface area contributed by atoms with E-state index < -0.39 is 13.2 Å². The number of hydrogen-bond donors (Lipinski definition) is 4. The Morgan fingerprint density at radius 2 is 1.92 bits per heavy atom. The van der Waals surface area contributed by atoms with Crippen molar-refractivity contribution in [3.63, 3.8) is 0 Å². The minimum absolute atomic E-state index is 0.0351. The lowest BCUT2D eigenvalue weighted by Crippen LogP contribution is -2.38. The maximum Gasteiger partial charge on any atom is 0.469 e. The number of benzene rings is 2. The molecule has 1 atom stereocenters. The van der Waals surface area contributed by atoms with Crippen LogP contribution < -0.4 is 5.32 Å². The molecule has 198 valence electrons. The second-order valence-corrected chi connectivity index (χ2v) is 11.4. The van der Waals surface area contributed by atoms with Crippen molar-refractivity contribution in [3.05, 3.63) is 100.0 Å². The number of aryl methyl sites for hydroxylation is 3. The Morgan fingerprint density at radius 3 is 2.61 bits per heavy atom. The zero-order chi connectivity index (χ0) is 27.1. The smallest absolute Gasteiger partial charge is 0.361 e. The molecule has 5 rings (SSSR count). The Balaban J connectivity index is 1.44. The molecular weight excluding hydrogens is 501 g/mol. The molecule has 0 bridgehead atoms. The zero-order valence-electron chi connectivity index (χ0n) is 21.7. The van der Waals surface area contributed by atoms with Gasteiger partial charge in [0.2, 0.25) is 5.91 Å². The fourth-order valence-corrected chi connectivity index (χ4v) is 5.51. The first-order valence-corrected chi connectivity index (χ1v) is 14.2. The number of rotatable bonds is 9. The molecule has 1 aliphatic carbocycles. The molecular formula is C29H32N3O5P. The highest BCUT2D eigenvalue weighted by molar-refractivity contribution is 7.46. The first-order valence-electron chi connectivity index (χ1n) is 12.7. The van der Waals surface area contributed by atoms with Gasteiger partial charge >= 0.3 is 7.82 Å². The number of H-pyrrole nitrogens is 1. The molecule has 8 nitrogen and oxygen atoms in total. The van der Waals surface area contributed by atoms with Gasteiger partial charge in [-0.2, -0.15) is 0 Å². The molecule has 0 radical (unpaired) electrons. The lowest BCUT2D eigenvalue weighted by atomic mass is 9.91. The summed E-state index contributed by atoms with van der Waals surface area (Å²) in [6.07, 6.45) is 3.64. The van der Waals surface area contributed by atoms with Crippen LogP contribution in [0.1, 0.15) is 58.1 Å². The van der Waals surface area contributed by atoms with Crippen molar-refractivity contribution < 1.29 is 23.7 Å². The fourth-order valence-electron chi connectivity index (χ4n) is 5.18. The van der Waals surface area contributed by atoms with Crippen LogP contribution in [0.2, 0.25) is 0 Å². The highest BCUT2D eigenvalue weighted by Gasteiger charge is 2.52. The number of phosphoric ester groups is 1. The normalized spacial score (nSPS) is 15.4. The van der Waals surface area contributed by atoms with Gasteiger partial charge in [-0.3, -0.25) is 14.3 Å². The third-order valence-electron chi connectivity index (χ3n) is 7.35. The van der Waals surface area contributed by atoms with Crippen LogP contribution >= 0.6 is 7.82 Å². The molecule has 1 fully saturated rings. The van der Waals surface area contributed by atoms with Crippen molar-refractivity contribution in [1.29, 1.82) is 0 Å². The average Bonchev–Trinajstić information content (AvgIpc) is 3.58. The van der Waals surface area contributed by atoms with Crippen molar-refractivity contribution >= 4 is 24.6 Å². The van der Waals surface area contributed by atoms with Gasteiger partial charge in [0.05, 0.1) is 23.8 Å². The molecule has 1 amide bonds. The van der Waals surface area contributed by atoms with Crippen LogP contribution in [0.25, 0.3) is 10.9 Å². The van der Waals surface area contributed by atoms with E-state index in [0.717, 1.165) is 62.9 Å². The van der Waals surface area contributed by atoms with Crippen molar-refractivity contribution in [2.75, 3.05) is 6.61 Å². The van der Waals surface area contributed by atoms with E-state index in [1.807, 2.05) is 49.5 Å². The first kappa shape index (κ1) is 26.3. The van der Waals surface area contributed by atoms with Gasteiger partial charge in [0.1, 0.15) is 0 Å². The molecule has 1 unspecified atom stereocenters. The Bertz CT molecular complexity index is 1550. The average molecular weight is 534 g/mol. The molecule has 1 aliphatic rings. The topological polar surface area (TPSA) is 125 Å². The standard InChI is InChI=1S/C29H32N3O5P/c1-18-7-9-23(19(2)15-18)27(26-6-4-5-20(3)31-26)32-28(33)29(12-13-29)22-8-10-25-24(16-22)21(17-30-25)11-14-37-38(34,35)36/h4-10,15-17,27,30H,11-14H2,1-3H3,(H,32,33)(H2,34,35,36). The summed E-state index contributed by atoms with van der Waals surface area (Å²) in [6.45, 7) is 5.95. The summed E-state index contributed by atoms with van der Waals surface area (Å²) in [5.41, 5.74) is 7.04. The van der Waals surface area contributed by atoms with Gasteiger partial charge in [0, 0.05) is 22.8 Å². The molecule has 9 heteroatoms. The molecule has 0 aliphatic heterocycles. The van der Waals surface area contributed by atoms with E-state index in [0.29, 0.717) is 6.42 Å². The number of aromatic amines is 1. The highest BCUT2D eigenvalue weighted by atomic mass is 31.2. The Morgan fingerprint density at radius 1 is 1.13 bits per heavy atom. The molecule has 4 aromatic rings. The summed E-state index contributed by atoms with van der Waals surface area (Å²) in [4.78, 5) is 39.9. The molecule has 0 spiro atoms. The van der Waals surface area contributed by atoms with E-state index in [2.05, 4.69) is 46.9 Å². The summed E-state index contributed by atoms with van der Waals surface area (Å²) in [5, 5.41) is 4.25. The quantitative estimate of drug-likeness (QED) is 0.223. The minimum atomic E-state index is -4.53. The maximum absolute atomic E-state index is 13.9. The second-order valence-electron chi connectivity index (χ2n) is 10.2. The second kappa shape index (κ2) is 10.1. The number of nitrogens with one attached hydrogen (secondary N) is 2. The maximum atomic E-state index is 13.9. The first-order chi connectivity index (χ1) is 18.1. The number of amides is 1. The minimum Gasteiger partial charge on any atom is -0.361 e. The third kappa shape index (κ3) is 5.45. The zero-order valence-corrected chi connectivity index (χ0v) is 22.6. The number of hydrogen-bond acceptors (Lipinski definition) is 4. The van der Waals surface area contributed by atoms with E-state index in [9.17, 15) is 9.36 Å². The van der Waals surface area contributed by atoms with Gasteiger partial charge in [0.25, 0.3) is 0 Å². The molecule has 2 aromatic carbocycles. The predicted molar refractivity (Wildman–Crippen MR) is 146 cm³/mol. The van der Waals surface area contributed by atoms with E-state index in [1.54, 1.807) is 0 Å². The highest BCUT2D eigenvalue weighted by Crippen LogP contribution is 2.49. The van der Waals surface area contributed by atoms with Crippen molar-refractivity contribution in [3.8, 4) is 0 Å². The number of phosphoric acid groups is 1. The monoisotopic (exact) mass is 533 g/mol. The van der Waals surface area contributed by atoms with Crippen LogP contribution in [0.15, 0.2) is 60.8 Å². The van der Waals surface area contributed by atoms with Crippen LogP contribution in [0, 0.1) is 20.8 Å². The van der Waals surface area contributed by atoms with Crippen molar-refractivity contribution in [1.82, 2.24) is 15.3 Å². The Kier molecular flexibility index (Phi) is 7.01. The summed E-state index contributed by atoms with van der Waals surface area (Å²) in [5.74, 6) is -0.0351. The Labute approximate surface area is 221 Å².